The number of piperazine rings is 1. The lowest BCUT2D eigenvalue weighted by molar-refractivity contribution is 0.0739. The van der Waals surface area contributed by atoms with Gasteiger partial charge in [-0.1, -0.05) is 33.3 Å². The molecule has 31 heavy (non-hydrogen) atoms. The van der Waals surface area contributed by atoms with Crippen molar-refractivity contribution in [2.45, 2.75) is 18.8 Å². The first-order valence-electron chi connectivity index (χ1n) is 10.5. The van der Waals surface area contributed by atoms with Crippen molar-refractivity contribution in [2.75, 3.05) is 38.2 Å². The first-order chi connectivity index (χ1) is 15.2. The number of nitrogens with zero attached hydrogens (tertiary/aromatic N) is 5. The Morgan fingerprint density at radius 2 is 1.74 bits per heavy atom. The van der Waals surface area contributed by atoms with Gasteiger partial charge in [-0.15, -0.1) is 5.10 Å². The molecule has 1 aliphatic heterocycles. The van der Waals surface area contributed by atoms with E-state index >= 15 is 0 Å². The smallest absolute Gasteiger partial charge is 0.276 e. The third-order valence-electron chi connectivity index (χ3n) is 5.94. The standard InChI is InChI=1S/C23H24BrN5O2/c1-31-20-5-3-2-4-19(20)27-12-14-28(15-13-27)23(30)21-22(16-6-7-16)29(26-25-21)18-10-8-17(24)9-11-18/h2-5,8-11,16H,6-7,12-15H2,1H3. The molecule has 7 nitrogen and oxygen atoms in total. The zero-order valence-corrected chi connectivity index (χ0v) is 19.0. The Labute approximate surface area is 189 Å². The summed E-state index contributed by atoms with van der Waals surface area (Å²) in [6.07, 6.45) is 2.15. The molecule has 1 amide bonds. The molecule has 0 unspecified atom stereocenters. The molecular weight excluding hydrogens is 458 g/mol. The molecule has 2 aliphatic rings. The Kier molecular flexibility index (Phi) is 5.40. The van der Waals surface area contributed by atoms with Crippen LogP contribution in [-0.2, 0) is 0 Å². The minimum Gasteiger partial charge on any atom is -0.495 e. The lowest BCUT2D eigenvalue weighted by Crippen LogP contribution is -2.49. The summed E-state index contributed by atoms with van der Waals surface area (Å²) in [4.78, 5) is 17.5. The number of hydrogen-bond acceptors (Lipinski definition) is 5. The molecule has 3 aromatic rings. The predicted molar refractivity (Wildman–Crippen MR) is 122 cm³/mol. The van der Waals surface area contributed by atoms with Crippen molar-refractivity contribution in [2.24, 2.45) is 0 Å². The molecule has 1 saturated heterocycles. The fourth-order valence-electron chi connectivity index (χ4n) is 4.13. The first-order valence-corrected chi connectivity index (χ1v) is 11.3. The quantitative estimate of drug-likeness (QED) is 0.553. The van der Waals surface area contributed by atoms with Gasteiger partial charge in [0.15, 0.2) is 5.69 Å². The van der Waals surface area contributed by atoms with E-state index in [4.69, 9.17) is 4.74 Å². The average molecular weight is 482 g/mol. The summed E-state index contributed by atoms with van der Waals surface area (Å²) in [6, 6.07) is 15.9. The number of carbonyl (C=O) groups excluding carboxylic acids is 1. The lowest BCUT2D eigenvalue weighted by Gasteiger charge is -2.36. The van der Waals surface area contributed by atoms with Crippen LogP contribution in [0.5, 0.6) is 5.75 Å². The second kappa shape index (κ2) is 8.34. The van der Waals surface area contributed by atoms with Crippen molar-refractivity contribution in [1.29, 1.82) is 0 Å². The zero-order chi connectivity index (χ0) is 21.4. The first kappa shape index (κ1) is 20.1. The van der Waals surface area contributed by atoms with Crippen molar-refractivity contribution in [3.05, 3.63) is 64.4 Å². The molecule has 5 rings (SSSR count). The Bertz CT molecular complexity index is 1090. The Hall–Kier alpha value is -2.87. The molecule has 0 radical (unpaired) electrons. The van der Waals surface area contributed by atoms with Gasteiger partial charge >= 0.3 is 0 Å². The van der Waals surface area contributed by atoms with Crippen LogP contribution in [-0.4, -0.2) is 59.1 Å². The summed E-state index contributed by atoms with van der Waals surface area (Å²) in [5.74, 6) is 1.19. The third-order valence-corrected chi connectivity index (χ3v) is 6.46. The second-order valence-electron chi connectivity index (χ2n) is 7.94. The van der Waals surface area contributed by atoms with Gasteiger partial charge in [0, 0.05) is 36.6 Å². The predicted octanol–water partition coefficient (Wildman–Crippen LogP) is 3.88. The summed E-state index contributed by atoms with van der Waals surface area (Å²) < 4.78 is 8.34. The highest BCUT2D eigenvalue weighted by atomic mass is 79.9. The summed E-state index contributed by atoms with van der Waals surface area (Å²) in [7, 11) is 1.69. The molecule has 2 heterocycles. The van der Waals surface area contributed by atoms with Gasteiger partial charge in [-0.25, -0.2) is 4.68 Å². The highest BCUT2D eigenvalue weighted by molar-refractivity contribution is 9.10. The van der Waals surface area contributed by atoms with Gasteiger partial charge < -0.3 is 14.5 Å². The fraction of sp³-hybridized carbons (Fsp3) is 0.348. The van der Waals surface area contributed by atoms with E-state index in [0.717, 1.165) is 53.2 Å². The summed E-state index contributed by atoms with van der Waals surface area (Å²) in [5, 5.41) is 8.69. The molecule has 0 bridgehead atoms. The third kappa shape index (κ3) is 3.92. The highest BCUT2D eigenvalue weighted by Gasteiger charge is 2.36. The number of hydrogen-bond donors (Lipinski definition) is 0. The Balaban J connectivity index is 1.35. The molecule has 1 saturated carbocycles. The van der Waals surface area contributed by atoms with E-state index in [1.165, 1.54) is 0 Å². The van der Waals surface area contributed by atoms with Gasteiger partial charge in [0.05, 0.1) is 24.2 Å². The van der Waals surface area contributed by atoms with Crippen molar-refractivity contribution < 1.29 is 9.53 Å². The van der Waals surface area contributed by atoms with Crippen LogP contribution in [0.1, 0.15) is 34.9 Å². The number of ether oxygens (including phenoxy) is 1. The molecule has 0 atom stereocenters. The maximum atomic E-state index is 13.4. The van der Waals surface area contributed by atoms with Gasteiger partial charge in [0.2, 0.25) is 0 Å². The number of amides is 1. The molecule has 2 aromatic carbocycles. The van der Waals surface area contributed by atoms with E-state index in [2.05, 4.69) is 37.2 Å². The van der Waals surface area contributed by atoms with Crippen LogP contribution in [0, 0.1) is 0 Å². The van der Waals surface area contributed by atoms with Crippen molar-refractivity contribution in [1.82, 2.24) is 19.9 Å². The Morgan fingerprint density at radius 3 is 2.42 bits per heavy atom. The van der Waals surface area contributed by atoms with E-state index in [-0.39, 0.29) is 5.91 Å². The van der Waals surface area contributed by atoms with Crippen molar-refractivity contribution in [3.8, 4) is 11.4 Å². The number of benzene rings is 2. The maximum Gasteiger partial charge on any atom is 0.276 e. The molecule has 8 heteroatoms. The number of aromatic nitrogens is 3. The lowest BCUT2D eigenvalue weighted by atomic mass is 10.1. The fourth-order valence-corrected chi connectivity index (χ4v) is 4.39. The number of methoxy groups -OCH3 is 1. The summed E-state index contributed by atoms with van der Waals surface area (Å²) >= 11 is 3.47. The van der Waals surface area contributed by atoms with E-state index in [0.29, 0.717) is 24.7 Å². The number of para-hydroxylation sites is 2. The van der Waals surface area contributed by atoms with E-state index in [1.807, 2.05) is 52.0 Å². The molecule has 1 aromatic heterocycles. The normalized spacial score (nSPS) is 16.5. The number of carbonyl (C=O) groups is 1. The average Bonchev–Trinajstić information content (AvgIpc) is 3.57. The number of anilines is 1. The van der Waals surface area contributed by atoms with Gasteiger partial charge in [-0.2, -0.15) is 0 Å². The topological polar surface area (TPSA) is 63.5 Å². The van der Waals surface area contributed by atoms with Crippen LogP contribution in [0.4, 0.5) is 5.69 Å². The number of rotatable bonds is 5. The monoisotopic (exact) mass is 481 g/mol. The van der Waals surface area contributed by atoms with Gasteiger partial charge in [0.1, 0.15) is 5.75 Å². The van der Waals surface area contributed by atoms with Crippen LogP contribution in [0.25, 0.3) is 5.69 Å². The molecule has 1 aliphatic carbocycles. The minimum absolute atomic E-state index is 0.0232. The van der Waals surface area contributed by atoms with Crippen molar-refractivity contribution in [3.63, 3.8) is 0 Å². The maximum absolute atomic E-state index is 13.4. The molecular formula is C23H24BrN5O2. The van der Waals surface area contributed by atoms with E-state index in [1.54, 1.807) is 7.11 Å². The van der Waals surface area contributed by atoms with E-state index in [9.17, 15) is 4.79 Å². The summed E-state index contributed by atoms with van der Waals surface area (Å²) in [5.41, 5.74) is 3.44. The van der Waals surface area contributed by atoms with Gasteiger partial charge in [-0.3, -0.25) is 4.79 Å². The minimum atomic E-state index is -0.0232. The van der Waals surface area contributed by atoms with Crippen molar-refractivity contribution >= 4 is 27.5 Å². The van der Waals surface area contributed by atoms with Crippen LogP contribution in [0.3, 0.4) is 0 Å². The highest BCUT2D eigenvalue weighted by Crippen LogP contribution is 2.42. The summed E-state index contributed by atoms with van der Waals surface area (Å²) in [6.45, 7) is 2.80. The van der Waals surface area contributed by atoms with Crippen LogP contribution in [0.15, 0.2) is 53.0 Å². The Morgan fingerprint density at radius 1 is 1.03 bits per heavy atom. The van der Waals surface area contributed by atoms with Gasteiger partial charge in [0.25, 0.3) is 5.91 Å². The van der Waals surface area contributed by atoms with E-state index < -0.39 is 0 Å². The SMILES string of the molecule is COc1ccccc1N1CCN(C(=O)c2nnn(-c3ccc(Br)cc3)c2C2CC2)CC1. The molecule has 0 spiro atoms. The largest absolute Gasteiger partial charge is 0.495 e. The van der Waals surface area contributed by atoms with Crippen LogP contribution < -0.4 is 9.64 Å². The molecule has 160 valence electrons. The van der Waals surface area contributed by atoms with Crippen LogP contribution in [0.2, 0.25) is 0 Å². The second-order valence-corrected chi connectivity index (χ2v) is 8.85. The molecule has 2 fully saturated rings. The number of halogens is 1. The van der Waals surface area contributed by atoms with Gasteiger partial charge in [-0.05, 0) is 49.2 Å². The van der Waals surface area contributed by atoms with Crippen LogP contribution >= 0.6 is 15.9 Å². The zero-order valence-electron chi connectivity index (χ0n) is 17.4. The molecule has 0 N–H and O–H groups in total.